The zero-order valence-electron chi connectivity index (χ0n) is 8.46. The molecule has 0 atom stereocenters. The number of anilines is 1. The molecule has 2 rings (SSSR count). The van der Waals surface area contributed by atoms with Crippen molar-refractivity contribution in [1.29, 1.82) is 0 Å². The second-order valence-electron chi connectivity index (χ2n) is 3.71. The van der Waals surface area contributed by atoms with Crippen LogP contribution in [-0.2, 0) is 6.18 Å². The van der Waals surface area contributed by atoms with E-state index < -0.39 is 11.7 Å². The Morgan fingerprint density at radius 1 is 1.25 bits per heavy atom. The Labute approximate surface area is 91.2 Å². The summed E-state index contributed by atoms with van der Waals surface area (Å²) < 4.78 is 37.2. The molecule has 0 aliphatic heterocycles. The summed E-state index contributed by atoms with van der Waals surface area (Å²) in [5, 5.41) is 2.98. The average Bonchev–Trinajstić information content (AvgIpc) is 2.70. The number of hydrogen-bond donors (Lipinski definition) is 1. The van der Waals surface area contributed by atoms with E-state index in [2.05, 4.69) is 10.3 Å². The molecule has 0 saturated heterocycles. The van der Waals surface area contributed by atoms with E-state index in [9.17, 15) is 13.2 Å². The van der Waals surface area contributed by atoms with Crippen molar-refractivity contribution in [3.63, 3.8) is 0 Å². The lowest BCUT2D eigenvalue weighted by Gasteiger charge is -2.14. The molecule has 0 fully saturated rings. The Kier molecular flexibility index (Phi) is 2.85. The standard InChI is InChI=1S/C11H11F3N2/c12-11(13,14)8-5-6-15-10(7-8)16-9-3-1-2-4-9/h1-2,5-7,9H,3-4H2,(H,15,16). The monoisotopic (exact) mass is 228 g/mol. The highest BCUT2D eigenvalue weighted by Crippen LogP contribution is 2.30. The van der Waals surface area contributed by atoms with E-state index >= 15 is 0 Å². The minimum atomic E-state index is -4.31. The minimum Gasteiger partial charge on any atom is -0.367 e. The van der Waals surface area contributed by atoms with Crippen LogP contribution in [0.15, 0.2) is 30.5 Å². The van der Waals surface area contributed by atoms with Gasteiger partial charge in [-0.2, -0.15) is 13.2 Å². The van der Waals surface area contributed by atoms with Crippen molar-refractivity contribution in [2.24, 2.45) is 0 Å². The van der Waals surface area contributed by atoms with Gasteiger partial charge in [0.25, 0.3) is 0 Å². The Balaban J connectivity index is 2.10. The molecule has 0 amide bonds. The second-order valence-corrected chi connectivity index (χ2v) is 3.71. The van der Waals surface area contributed by atoms with Crippen LogP contribution in [0.2, 0.25) is 0 Å². The van der Waals surface area contributed by atoms with E-state index in [0.29, 0.717) is 0 Å². The van der Waals surface area contributed by atoms with E-state index in [1.165, 1.54) is 6.20 Å². The predicted octanol–water partition coefficient (Wildman–Crippen LogP) is 3.23. The van der Waals surface area contributed by atoms with Crippen molar-refractivity contribution in [1.82, 2.24) is 4.98 Å². The summed E-state index contributed by atoms with van der Waals surface area (Å²) in [5.41, 5.74) is -0.670. The van der Waals surface area contributed by atoms with Crippen LogP contribution in [-0.4, -0.2) is 11.0 Å². The summed E-state index contributed by atoms with van der Waals surface area (Å²) in [6.07, 6.45) is 2.53. The molecule has 0 unspecified atom stereocenters. The fourth-order valence-corrected chi connectivity index (χ4v) is 1.63. The number of alkyl halides is 3. The van der Waals surface area contributed by atoms with Crippen LogP contribution in [0.25, 0.3) is 0 Å². The topological polar surface area (TPSA) is 24.9 Å². The third kappa shape index (κ3) is 2.53. The zero-order valence-corrected chi connectivity index (χ0v) is 8.46. The normalized spacial score (nSPS) is 16.7. The molecule has 1 aromatic rings. The molecule has 5 heteroatoms. The maximum Gasteiger partial charge on any atom is 0.416 e. The molecular formula is C11H11F3N2. The van der Waals surface area contributed by atoms with E-state index in [1.807, 2.05) is 12.2 Å². The van der Waals surface area contributed by atoms with Gasteiger partial charge in [-0.15, -0.1) is 0 Å². The maximum atomic E-state index is 12.4. The molecule has 1 heterocycles. The molecule has 2 nitrogen and oxygen atoms in total. The number of hydrogen-bond acceptors (Lipinski definition) is 2. The number of nitrogens with one attached hydrogen (secondary N) is 1. The summed E-state index contributed by atoms with van der Waals surface area (Å²) in [4.78, 5) is 3.88. The Morgan fingerprint density at radius 2 is 1.94 bits per heavy atom. The summed E-state index contributed by atoms with van der Waals surface area (Å²) in [6, 6.07) is 2.17. The van der Waals surface area contributed by atoms with Crippen molar-refractivity contribution < 1.29 is 13.2 Å². The smallest absolute Gasteiger partial charge is 0.367 e. The molecule has 1 aliphatic carbocycles. The average molecular weight is 228 g/mol. The highest BCUT2D eigenvalue weighted by Gasteiger charge is 2.30. The molecule has 0 aromatic carbocycles. The van der Waals surface area contributed by atoms with Crippen molar-refractivity contribution in [2.75, 3.05) is 5.32 Å². The van der Waals surface area contributed by atoms with Gasteiger partial charge in [0.1, 0.15) is 5.82 Å². The number of aromatic nitrogens is 1. The third-order valence-electron chi connectivity index (χ3n) is 2.45. The SMILES string of the molecule is FC(F)(F)c1ccnc(NC2CC=CC2)c1. The van der Waals surface area contributed by atoms with Crippen molar-refractivity contribution in [3.05, 3.63) is 36.0 Å². The van der Waals surface area contributed by atoms with Crippen LogP contribution < -0.4 is 5.32 Å². The highest BCUT2D eigenvalue weighted by atomic mass is 19.4. The lowest BCUT2D eigenvalue weighted by atomic mass is 10.2. The number of nitrogens with zero attached hydrogens (tertiary/aromatic N) is 1. The summed E-state index contributed by atoms with van der Waals surface area (Å²) in [5.74, 6) is 0.281. The summed E-state index contributed by atoms with van der Waals surface area (Å²) in [7, 11) is 0. The van der Waals surface area contributed by atoms with E-state index in [0.717, 1.165) is 25.0 Å². The lowest BCUT2D eigenvalue weighted by molar-refractivity contribution is -0.137. The second kappa shape index (κ2) is 4.15. The number of pyridine rings is 1. The van der Waals surface area contributed by atoms with E-state index in [1.54, 1.807) is 0 Å². The van der Waals surface area contributed by atoms with Crippen molar-refractivity contribution >= 4 is 5.82 Å². The minimum absolute atomic E-state index is 0.163. The number of rotatable bonds is 2. The molecule has 0 bridgehead atoms. The first kappa shape index (κ1) is 11.0. The molecule has 0 saturated carbocycles. The Bertz CT molecular complexity index is 390. The first-order valence-electron chi connectivity index (χ1n) is 5.00. The van der Waals surface area contributed by atoms with Crippen LogP contribution in [0.4, 0.5) is 19.0 Å². The van der Waals surface area contributed by atoms with Crippen LogP contribution in [0.3, 0.4) is 0 Å². The van der Waals surface area contributed by atoms with Crippen LogP contribution in [0, 0.1) is 0 Å². The van der Waals surface area contributed by atoms with Crippen molar-refractivity contribution in [3.8, 4) is 0 Å². The van der Waals surface area contributed by atoms with Crippen LogP contribution in [0.5, 0.6) is 0 Å². The number of halogens is 3. The fourth-order valence-electron chi connectivity index (χ4n) is 1.63. The van der Waals surface area contributed by atoms with Gasteiger partial charge in [-0.25, -0.2) is 4.98 Å². The molecule has 0 spiro atoms. The molecule has 1 N–H and O–H groups in total. The fraction of sp³-hybridized carbons (Fsp3) is 0.364. The van der Waals surface area contributed by atoms with Gasteiger partial charge in [-0.05, 0) is 25.0 Å². The third-order valence-corrected chi connectivity index (χ3v) is 2.45. The first-order chi connectivity index (χ1) is 7.55. The van der Waals surface area contributed by atoms with Gasteiger partial charge in [0.15, 0.2) is 0 Å². The molecule has 1 aliphatic rings. The Morgan fingerprint density at radius 3 is 2.56 bits per heavy atom. The lowest BCUT2D eigenvalue weighted by Crippen LogP contribution is -2.16. The Hall–Kier alpha value is -1.52. The van der Waals surface area contributed by atoms with Gasteiger partial charge in [-0.1, -0.05) is 12.2 Å². The van der Waals surface area contributed by atoms with E-state index in [4.69, 9.17) is 0 Å². The molecule has 1 aromatic heterocycles. The van der Waals surface area contributed by atoms with E-state index in [-0.39, 0.29) is 11.9 Å². The summed E-state index contributed by atoms with van der Waals surface area (Å²) >= 11 is 0. The van der Waals surface area contributed by atoms with Crippen molar-refractivity contribution in [2.45, 2.75) is 25.1 Å². The molecule has 16 heavy (non-hydrogen) atoms. The van der Waals surface area contributed by atoms with Gasteiger partial charge in [0.05, 0.1) is 5.56 Å². The van der Waals surface area contributed by atoms with Crippen LogP contribution >= 0.6 is 0 Å². The van der Waals surface area contributed by atoms with Gasteiger partial charge in [0, 0.05) is 12.2 Å². The quantitative estimate of drug-likeness (QED) is 0.786. The molecule has 0 radical (unpaired) electrons. The zero-order chi connectivity index (χ0) is 11.6. The molecular weight excluding hydrogens is 217 g/mol. The van der Waals surface area contributed by atoms with Crippen LogP contribution in [0.1, 0.15) is 18.4 Å². The van der Waals surface area contributed by atoms with Gasteiger partial charge in [-0.3, -0.25) is 0 Å². The van der Waals surface area contributed by atoms with Gasteiger partial charge in [0.2, 0.25) is 0 Å². The highest BCUT2D eigenvalue weighted by molar-refractivity contribution is 5.40. The first-order valence-corrected chi connectivity index (χ1v) is 5.00. The van der Waals surface area contributed by atoms with Gasteiger partial charge >= 0.3 is 6.18 Å². The van der Waals surface area contributed by atoms with Gasteiger partial charge < -0.3 is 5.32 Å². The maximum absolute atomic E-state index is 12.4. The molecule has 86 valence electrons. The summed E-state index contributed by atoms with van der Waals surface area (Å²) in [6.45, 7) is 0. The predicted molar refractivity (Wildman–Crippen MR) is 55.0 cm³/mol. The largest absolute Gasteiger partial charge is 0.416 e.